The summed E-state index contributed by atoms with van der Waals surface area (Å²) < 4.78 is 51.1. The van der Waals surface area contributed by atoms with Gasteiger partial charge in [0, 0.05) is 12.4 Å². The average Bonchev–Trinajstić information content (AvgIpc) is 3.09. The first kappa shape index (κ1) is 20.2. The van der Waals surface area contributed by atoms with Crippen LogP contribution in [0.15, 0.2) is 36.8 Å². The maximum absolute atomic E-state index is 13.2. The monoisotopic (exact) mass is 435 g/mol. The molecule has 1 aliphatic heterocycles. The minimum atomic E-state index is -4.59. The van der Waals surface area contributed by atoms with E-state index in [1.807, 2.05) is 0 Å². The Kier molecular flexibility index (Phi) is 5.61. The summed E-state index contributed by atoms with van der Waals surface area (Å²) in [4.78, 5) is 21.4. The highest BCUT2D eigenvalue weighted by Gasteiger charge is 2.32. The quantitative estimate of drug-likeness (QED) is 0.556. The van der Waals surface area contributed by atoms with E-state index in [4.69, 9.17) is 23.2 Å². The summed E-state index contributed by atoms with van der Waals surface area (Å²) in [6.45, 7) is 0. The van der Waals surface area contributed by atoms with Crippen LogP contribution in [0.2, 0.25) is 10.0 Å². The molecule has 2 N–H and O–H groups in total. The van der Waals surface area contributed by atoms with Crippen molar-refractivity contribution < 1.29 is 22.4 Å². The van der Waals surface area contributed by atoms with Crippen LogP contribution in [0.5, 0.6) is 0 Å². The van der Waals surface area contributed by atoms with Gasteiger partial charge in [-0.05, 0) is 18.6 Å². The predicted octanol–water partition coefficient (Wildman–Crippen LogP) is 4.18. The van der Waals surface area contributed by atoms with E-state index in [1.165, 1.54) is 4.90 Å². The molecule has 148 valence electrons. The highest BCUT2D eigenvalue weighted by atomic mass is 35.5. The van der Waals surface area contributed by atoms with Crippen molar-refractivity contribution in [1.29, 1.82) is 0 Å². The second-order valence-electron chi connectivity index (χ2n) is 5.67. The van der Waals surface area contributed by atoms with Crippen LogP contribution in [0.3, 0.4) is 0 Å². The third-order valence-corrected chi connectivity index (χ3v) is 4.34. The Morgan fingerprint density at radius 1 is 1.18 bits per heavy atom. The van der Waals surface area contributed by atoms with Crippen LogP contribution in [-0.4, -0.2) is 21.9 Å². The van der Waals surface area contributed by atoms with Gasteiger partial charge in [-0.1, -0.05) is 29.3 Å². The minimum absolute atomic E-state index is 0.0183. The molecule has 1 amide bonds. The molecule has 3 heterocycles. The molecule has 28 heavy (non-hydrogen) atoms. The summed E-state index contributed by atoms with van der Waals surface area (Å²) >= 11 is 11.8. The zero-order chi connectivity index (χ0) is 20.5. The first-order valence-electron chi connectivity index (χ1n) is 7.71. The molecule has 2 aromatic rings. The molecular formula is C16H11Cl2F4N5O. The number of hydrogen-bond donors (Lipinski definition) is 2. The zero-order valence-corrected chi connectivity index (χ0v) is 15.3. The summed E-state index contributed by atoms with van der Waals surface area (Å²) in [5, 5.41) is -0.301. The highest BCUT2D eigenvalue weighted by Crippen LogP contribution is 2.32. The molecule has 0 fully saturated rings. The standard InChI is InChI=1S/C16H11Cl2F4N5O/c17-10-4-8(16(20,21)22)6-23-13(10)25-26-15(28)12-2-1-3-27(12)14-11(18)5-9(19)7-24-14/h1,3-7,12H,2H2,(H,23,25)(H,26,28). The van der Waals surface area contributed by atoms with Crippen LogP contribution < -0.4 is 15.8 Å². The lowest BCUT2D eigenvalue weighted by molar-refractivity contribution is -0.137. The van der Waals surface area contributed by atoms with Crippen molar-refractivity contribution in [2.45, 2.75) is 18.6 Å². The fourth-order valence-electron chi connectivity index (χ4n) is 2.46. The molecule has 1 unspecified atom stereocenters. The van der Waals surface area contributed by atoms with E-state index in [0.29, 0.717) is 18.7 Å². The molecule has 2 aromatic heterocycles. The van der Waals surface area contributed by atoms with E-state index >= 15 is 0 Å². The second kappa shape index (κ2) is 7.80. The van der Waals surface area contributed by atoms with E-state index in [9.17, 15) is 22.4 Å². The molecular weight excluding hydrogens is 425 g/mol. The first-order chi connectivity index (χ1) is 13.2. The lowest BCUT2D eigenvalue weighted by atomic mass is 10.2. The van der Waals surface area contributed by atoms with Crippen molar-refractivity contribution >= 4 is 40.7 Å². The molecule has 0 radical (unpaired) electrons. The summed E-state index contributed by atoms with van der Waals surface area (Å²) in [6.07, 6.45) is 0.528. The van der Waals surface area contributed by atoms with Crippen molar-refractivity contribution in [1.82, 2.24) is 15.4 Å². The number of alkyl halides is 3. The first-order valence-corrected chi connectivity index (χ1v) is 8.47. The van der Waals surface area contributed by atoms with Gasteiger partial charge in [-0.3, -0.25) is 15.6 Å². The number of nitrogens with one attached hydrogen (secondary N) is 2. The van der Waals surface area contributed by atoms with Gasteiger partial charge in [0.05, 0.1) is 21.8 Å². The predicted molar refractivity (Wildman–Crippen MR) is 95.2 cm³/mol. The Balaban J connectivity index is 1.69. The lowest BCUT2D eigenvalue weighted by Crippen LogP contribution is -2.45. The minimum Gasteiger partial charge on any atom is -0.319 e. The number of aromatic nitrogens is 2. The molecule has 0 spiro atoms. The van der Waals surface area contributed by atoms with E-state index in [2.05, 4.69) is 20.8 Å². The van der Waals surface area contributed by atoms with Gasteiger partial charge >= 0.3 is 6.18 Å². The fourth-order valence-corrected chi connectivity index (χ4v) is 2.92. The maximum Gasteiger partial charge on any atom is 0.417 e. The van der Waals surface area contributed by atoms with E-state index in [-0.39, 0.29) is 21.7 Å². The van der Waals surface area contributed by atoms with Crippen LogP contribution in [0, 0.1) is 5.82 Å². The number of hydrazine groups is 1. The van der Waals surface area contributed by atoms with Gasteiger partial charge in [0.15, 0.2) is 11.6 Å². The van der Waals surface area contributed by atoms with Crippen LogP contribution >= 0.6 is 23.2 Å². The molecule has 1 atom stereocenters. The Morgan fingerprint density at radius 3 is 2.57 bits per heavy atom. The van der Waals surface area contributed by atoms with E-state index in [0.717, 1.165) is 12.3 Å². The topological polar surface area (TPSA) is 70.2 Å². The zero-order valence-electron chi connectivity index (χ0n) is 13.8. The van der Waals surface area contributed by atoms with Crippen molar-refractivity contribution in [2.24, 2.45) is 0 Å². The van der Waals surface area contributed by atoms with Crippen LogP contribution in [0.25, 0.3) is 0 Å². The largest absolute Gasteiger partial charge is 0.417 e. The SMILES string of the molecule is O=C(NNc1ncc(C(F)(F)F)cc1Cl)C1CC=CN1c1ncc(F)cc1Cl. The molecule has 0 saturated heterocycles. The summed E-state index contributed by atoms with van der Waals surface area (Å²) in [5.41, 5.74) is 3.70. The number of rotatable bonds is 4. The van der Waals surface area contributed by atoms with Crippen LogP contribution in [0.1, 0.15) is 12.0 Å². The Labute approximate surface area is 166 Å². The van der Waals surface area contributed by atoms with Gasteiger partial charge in [-0.2, -0.15) is 13.2 Å². The molecule has 12 heteroatoms. The van der Waals surface area contributed by atoms with Crippen molar-refractivity contribution in [3.05, 3.63) is 58.2 Å². The molecule has 6 nitrogen and oxygen atoms in total. The molecule has 0 aliphatic carbocycles. The van der Waals surface area contributed by atoms with Gasteiger partial charge in [0.1, 0.15) is 11.9 Å². The summed E-state index contributed by atoms with van der Waals surface area (Å²) in [7, 11) is 0. The number of anilines is 2. The van der Waals surface area contributed by atoms with Gasteiger partial charge in [-0.25, -0.2) is 14.4 Å². The fraction of sp³-hybridized carbons (Fsp3) is 0.188. The number of nitrogens with zero attached hydrogens (tertiary/aromatic N) is 3. The molecule has 0 aromatic carbocycles. The molecule has 3 rings (SSSR count). The van der Waals surface area contributed by atoms with Crippen molar-refractivity contribution in [3.8, 4) is 0 Å². The number of halogens is 6. The van der Waals surface area contributed by atoms with Crippen LogP contribution in [0.4, 0.5) is 29.2 Å². The van der Waals surface area contributed by atoms with E-state index in [1.54, 1.807) is 12.3 Å². The molecule has 1 aliphatic rings. The Morgan fingerprint density at radius 2 is 1.93 bits per heavy atom. The Bertz CT molecular complexity index is 938. The average molecular weight is 436 g/mol. The lowest BCUT2D eigenvalue weighted by Gasteiger charge is -2.24. The normalized spacial score (nSPS) is 16.4. The third kappa shape index (κ3) is 4.28. The molecule has 0 bridgehead atoms. The maximum atomic E-state index is 13.2. The number of hydrogen-bond acceptors (Lipinski definition) is 5. The summed E-state index contributed by atoms with van der Waals surface area (Å²) in [5.74, 6) is -1.14. The molecule has 0 saturated carbocycles. The smallest absolute Gasteiger partial charge is 0.319 e. The van der Waals surface area contributed by atoms with Gasteiger partial charge in [0.25, 0.3) is 5.91 Å². The second-order valence-corrected chi connectivity index (χ2v) is 6.48. The number of carbonyl (C=O) groups excluding carboxylic acids is 1. The van der Waals surface area contributed by atoms with Crippen LogP contribution in [-0.2, 0) is 11.0 Å². The van der Waals surface area contributed by atoms with Gasteiger partial charge in [0.2, 0.25) is 0 Å². The third-order valence-electron chi connectivity index (χ3n) is 3.77. The van der Waals surface area contributed by atoms with Gasteiger partial charge < -0.3 is 4.90 Å². The van der Waals surface area contributed by atoms with Gasteiger partial charge in [-0.15, -0.1) is 0 Å². The van der Waals surface area contributed by atoms with E-state index < -0.39 is 29.5 Å². The number of carbonyl (C=O) groups is 1. The van der Waals surface area contributed by atoms with Crippen molar-refractivity contribution in [2.75, 3.05) is 10.3 Å². The highest BCUT2D eigenvalue weighted by molar-refractivity contribution is 6.33. The number of pyridine rings is 2. The summed E-state index contributed by atoms with van der Waals surface area (Å²) in [6, 6.07) is 0.986. The number of amides is 1. The van der Waals surface area contributed by atoms with Crippen molar-refractivity contribution in [3.63, 3.8) is 0 Å². The Hall–Kier alpha value is -2.59.